The number of methoxy groups -OCH3 is 1. The van der Waals surface area contributed by atoms with Gasteiger partial charge in [0, 0.05) is 30.1 Å². The number of nitrogens with zero attached hydrogens (tertiary/aromatic N) is 1. The van der Waals surface area contributed by atoms with Crippen molar-refractivity contribution in [2.75, 3.05) is 7.11 Å². The molecule has 0 aliphatic carbocycles. The van der Waals surface area contributed by atoms with Crippen molar-refractivity contribution < 1.29 is 18.3 Å². The number of ketones is 1. The summed E-state index contributed by atoms with van der Waals surface area (Å²) >= 11 is 0. The Hall–Kier alpha value is -2.27. The molecule has 27 heavy (non-hydrogen) atoms. The first-order chi connectivity index (χ1) is 13.1. The average Bonchev–Trinajstić information content (AvgIpc) is 2.89. The van der Waals surface area contributed by atoms with Crippen molar-refractivity contribution in [2.24, 2.45) is 5.92 Å². The highest BCUT2D eigenvalue weighted by atomic mass is 19.1. The Balaban J connectivity index is 1.49. The first-order valence-electron chi connectivity index (χ1n) is 9.43. The number of piperidine rings is 1. The molecule has 3 nitrogen and oxygen atoms in total. The van der Waals surface area contributed by atoms with Gasteiger partial charge in [-0.1, -0.05) is 30.3 Å². The van der Waals surface area contributed by atoms with E-state index in [9.17, 15) is 13.6 Å². The van der Waals surface area contributed by atoms with E-state index in [1.165, 1.54) is 12.7 Å². The van der Waals surface area contributed by atoms with Gasteiger partial charge in [-0.25, -0.2) is 8.78 Å². The summed E-state index contributed by atoms with van der Waals surface area (Å²) in [6, 6.07) is 13.2. The molecule has 5 heteroatoms. The lowest BCUT2D eigenvalue weighted by atomic mass is 9.84. The molecule has 2 fully saturated rings. The van der Waals surface area contributed by atoms with Crippen LogP contribution >= 0.6 is 0 Å². The maximum absolute atomic E-state index is 14.0. The van der Waals surface area contributed by atoms with Gasteiger partial charge in [-0.2, -0.15) is 0 Å². The van der Waals surface area contributed by atoms with E-state index in [2.05, 4.69) is 17.0 Å². The first kappa shape index (κ1) is 18.1. The van der Waals surface area contributed by atoms with Crippen LogP contribution in [0.2, 0.25) is 0 Å². The molecule has 142 valence electrons. The lowest BCUT2D eigenvalue weighted by Gasteiger charge is -2.38. The van der Waals surface area contributed by atoms with E-state index < -0.39 is 17.4 Å². The van der Waals surface area contributed by atoms with Crippen LogP contribution in [0.25, 0.3) is 0 Å². The van der Waals surface area contributed by atoms with E-state index in [0.717, 1.165) is 44.4 Å². The van der Waals surface area contributed by atoms with Gasteiger partial charge in [0.2, 0.25) is 0 Å². The van der Waals surface area contributed by atoms with E-state index in [4.69, 9.17) is 4.74 Å². The van der Waals surface area contributed by atoms with E-state index in [-0.39, 0.29) is 17.3 Å². The lowest BCUT2D eigenvalue weighted by molar-refractivity contribution is 0.0677. The summed E-state index contributed by atoms with van der Waals surface area (Å²) in [6.45, 7) is 0.892. The minimum Gasteiger partial charge on any atom is -0.491 e. The molecule has 2 aliphatic rings. The molecule has 2 atom stereocenters. The molecule has 2 unspecified atom stereocenters. The Morgan fingerprint density at radius 1 is 1.07 bits per heavy atom. The van der Waals surface area contributed by atoms with E-state index in [1.54, 1.807) is 0 Å². The highest BCUT2D eigenvalue weighted by molar-refractivity contribution is 5.98. The van der Waals surface area contributed by atoms with Gasteiger partial charge in [0.05, 0.1) is 7.11 Å². The largest absolute Gasteiger partial charge is 0.491 e. The molecule has 0 amide bonds. The zero-order valence-corrected chi connectivity index (χ0v) is 15.3. The van der Waals surface area contributed by atoms with Crippen LogP contribution in [0.15, 0.2) is 42.5 Å². The van der Waals surface area contributed by atoms with Crippen LogP contribution in [0.4, 0.5) is 8.78 Å². The molecule has 2 saturated heterocycles. The van der Waals surface area contributed by atoms with Gasteiger partial charge < -0.3 is 4.74 Å². The van der Waals surface area contributed by atoms with Crippen LogP contribution in [0.1, 0.15) is 41.6 Å². The molecular weight excluding hydrogens is 348 g/mol. The van der Waals surface area contributed by atoms with Crippen LogP contribution in [-0.4, -0.2) is 29.9 Å². The second-order valence-corrected chi connectivity index (χ2v) is 7.55. The highest BCUT2D eigenvalue weighted by Gasteiger charge is 2.42. The summed E-state index contributed by atoms with van der Waals surface area (Å²) in [5.41, 5.74) is 1.38. The van der Waals surface area contributed by atoms with Gasteiger partial charge in [0.25, 0.3) is 0 Å². The summed E-state index contributed by atoms with van der Waals surface area (Å²) in [7, 11) is 1.21. The molecular formula is C22H23F2NO2. The third-order valence-electron chi connectivity index (χ3n) is 5.95. The van der Waals surface area contributed by atoms with Crippen molar-refractivity contribution in [1.82, 2.24) is 4.90 Å². The second-order valence-electron chi connectivity index (χ2n) is 7.55. The van der Waals surface area contributed by atoms with Gasteiger partial charge >= 0.3 is 0 Å². The predicted molar refractivity (Wildman–Crippen MR) is 98.8 cm³/mol. The normalized spacial score (nSPS) is 24.8. The number of hydrogen-bond donors (Lipinski definition) is 0. The molecule has 4 rings (SSSR count). The molecule has 2 aliphatic heterocycles. The fourth-order valence-electron chi connectivity index (χ4n) is 4.67. The number of rotatable bonds is 5. The lowest BCUT2D eigenvalue weighted by Crippen LogP contribution is -2.44. The molecule has 0 saturated carbocycles. The average molecular weight is 371 g/mol. The quantitative estimate of drug-likeness (QED) is 0.720. The molecule has 0 N–H and O–H groups in total. The third kappa shape index (κ3) is 3.48. The van der Waals surface area contributed by atoms with E-state index in [1.807, 2.05) is 18.2 Å². The number of carbonyl (C=O) groups is 1. The molecule has 2 bridgehead atoms. The number of Topliss-reactive ketones (excluding diaryl/α,β-unsaturated/α-hetero) is 1. The van der Waals surface area contributed by atoms with Crippen LogP contribution in [0.3, 0.4) is 0 Å². The Labute approximate surface area is 157 Å². The Morgan fingerprint density at radius 2 is 1.67 bits per heavy atom. The summed E-state index contributed by atoms with van der Waals surface area (Å²) < 4.78 is 32.7. The monoisotopic (exact) mass is 371 g/mol. The van der Waals surface area contributed by atoms with Crippen molar-refractivity contribution in [3.8, 4) is 5.75 Å². The highest BCUT2D eigenvalue weighted by Crippen LogP contribution is 2.41. The number of carbonyl (C=O) groups excluding carboxylic acids is 1. The topological polar surface area (TPSA) is 29.5 Å². The van der Waals surface area contributed by atoms with E-state index >= 15 is 0 Å². The van der Waals surface area contributed by atoms with Crippen molar-refractivity contribution in [2.45, 2.75) is 44.3 Å². The van der Waals surface area contributed by atoms with Gasteiger partial charge in [0.1, 0.15) is 0 Å². The number of fused-ring (bicyclic) bond motifs is 2. The van der Waals surface area contributed by atoms with Crippen LogP contribution < -0.4 is 4.74 Å². The maximum atomic E-state index is 14.0. The standard InChI is InChI=1S/C22H23F2NO2/c1-27-22-19(23)11-16(12-20(22)24)21(26)15-9-17-7-8-18(10-15)25(17)13-14-5-3-2-4-6-14/h2-6,11-12,15,17-18H,7-10,13H2,1H3. The zero-order chi connectivity index (χ0) is 19.0. The van der Waals surface area contributed by atoms with Crippen molar-refractivity contribution >= 4 is 5.78 Å². The SMILES string of the molecule is COc1c(F)cc(C(=O)C2CC3CCC(C2)N3Cc2ccccc2)cc1F. The summed E-state index contributed by atoms with van der Waals surface area (Å²) in [6.07, 6.45) is 3.65. The van der Waals surface area contributed by atoms with Crippen molar-refractivity contribution in [3.63, 3.8) is 0 Å². The molecule has 2 aromatic rings. The summed E-state index contributed by atoms with van der Waals surface area (Å²) in [5, 5.41) is 0. The van der Waals surface area contributed by atoms with Gasteiger partial charge in [-0.15, -0.1) is 0 Å². The first-order valence-corrected chi connectivity index (χ1v) is 9.43. The molecule has 2 aromatic carbocycles. The van der Waals surface area contributed by atoms with Crippen LogP contribution in [0.5, 0.6) is 5.75 Å². The summed E-state index contributed by atoms with van der Waals surface area (Å²) in [5.74, 6) is -2.44. The molecule has 0 aromatic heterocycles. The van der Waals surface area contributed by atoms with E-state index in [0.29, 0.717) is 12.1 Å². The number of ether oxygens (including phenoxy) is 1. The summed E-state index contributed by atoms with van der Waals surface area (Å²) in [4.78, 5) is 15.4. The number of benzene rings is 2. The zero-order valence-electron chi connectivity index (χ0n) is 15.3. The van der Waals surface area contributed by atoms with Gasteiger partial charge in [-0.3, -0.25) is 9.69 Å². The second kappa shape index (κ2) is 7.39. The van der Waals surface area contributed by atoms with Crippen LogP contribution in [-0.2, 0) is 6.54 Å². The third-order valence-corrected chi connectivity index (χ3v) is 5.95. The minimum absolute atomic E-state index is 0.103. The fourth-order valence-corrected chi connectivity index (χ4v) is 4.67. The molecule has 0 spiro atoms. The van der Waals surface area contributed by atoms with Gasteiger partial charge in [0.15, 0.2) is 23.2 Å². The predicted octanol–water partition coefficient (Wildman–Crippen LogP) is 4.60. The molecule has 2 heterocycles. The number of hydrogen-bond acceptors (Lipinski definition) is 3. The molecule has 0 radical (unpaired) electrons. The Morgan fingerprint density at radius 3 is 2.22 bits per heavy atom. The Bertz CT molecular complexity index is 802. The smallest absolute Gasteiger partial charge is 0.190 e. The van der Waals surface area contributed by atoms with Crippen molar-refractivity contribution in [3.05, 3.63) is 65.2 Å². The number of halogens is 2. The Kier molecular flexibility index (Phi) is 4.96. The van der Waals surface area contributed by atoms with Crippen LogP contribution in [0, 0.1) is 17.6 Å². The van der Waals surface area contributed by atoms with Gasteiger partial charge in [-0.05, 0) is 43.4 Å². The minimum atomic E-state index is -0.828. The van der Waals surface area contributed by atoms with Crippen molar-refractivity contribution in [1.29, 1.82) is 0 Å². The fraction of sp³-hybridized carbons (Fsp3) is 0.409. The maximum Gasteiger partial charge on any atom is 0.190 e.